The lowest BCUT2D eigenvalue weighted by molar-refractivity contribution is -0.117. The summed E-state index contributed by atoms with van der Waals surface area (Å²) >= 11 is 0. The predicted molar refractivity (Wildman–Crippen MR) is 77.0 cm³/mol. The van der Waals surface area contributed by atoms with Gasteiger partial charge in [-0.15, -0.1) is 0 Å². The highest BCUT2D eigenvalue weighted by Gasteiger charge is 2.32. The summed E-state index contributed by atoms with van der Waals surface area (Å²) in [5.41, 5.74) is 0.905. The van der Waals surface area contributed by atoms with Gasteiger partial charge in [0.15, 0.2) is 0 Å². The fourth-order valence-corrected chi connectivity index (χ4v) is 2.96. The maximum absolute atomic E-state index is 12.0. The summed E-state index contributed by atoms with van der Waals surface area (Å²) in [6.45, 7) is 2.38. The van der Waals surface area contributed by atoms with E-state index >= 15 is 0 Å². The predicted octanol–water partition coefficient (Wildman–Crippen LogP) is 2.89. The highest BCUT2D eigenvalue weighted by molar-refractivity contribution is 5.90. The van der Waals surface area contributed by atoms with E-state index in [2.05, 4.69) is 10.2 Å². The summed E-state index contributed by atoms with van der Waals surface area (Å²) in [7, 11) is 0. The molecule has 0 radical (unpaired) electrons. The number of nitrogens with zero attached hydrogens (tertiary/aromatic N) is 1. The fraction of sp³-hybridized carbons (Fsp3) is 0.562. The van der Waals surface area contributed by atoms with Gasteiger partial charge in [-0.25, -0.2) is 0 Å². The summed E-state index contributed by atoms with van der Waals surface area (Å²) < 4.78 is 0. The average molecular weight is 258 g/mol. The third kappa shape index (κ3) is 3.57. The quantitative estimate of drug-likeness (QED) is 0.900. The van der Waals surface area contributed by atoms with Crippen LogP contribution in [0.1, 0.15) is 32.1 Å². The van der Waals surface area contributed by atoms with Crippen molar-refractivity contribution < 1.29 is 4.79 Å². The number of likely N-dealkylation sites (tertiary alicyclic amines) is 1. The van der Waals surface area contributed by atoms with Crippen molar-refractivity contribution in [1.29, 1.82) is 0 Å². The van der Waals surface area contributed by atoms with Crippen LogP contribution >= 0.6 is 0 Å². The van der Waals surface area contributed by atoms with Gasteiger partial charge in [0.1, 0.15) is 0 Å². The molecule has 0 aromatic heterocycles. The van der Waals surface area contributed by atoms with E-state index in [1.54, 1.807) is 0 Å². The minimum absolute atomic E-state index is 0.163. The molecular weight excluding hydrogens is 236 g/mol. The van der Waals surface area contributed by atoms with Crippen LogP contribution < -0.4 is 5.32 Å². The molecule has 102 valence electrons. The highest BCUT2D eigenvalue weighted by atomic mass is 16.1. The van der Waals surface area contributed by atoms with Crippen molar-refractivity contribution in [3.05, 3.63) is 30.3 Å². The van der Waals surface area contributed by atoms with Crippen molar-refractivity contribution >= 4 is 11.6 Å². The van der Waals surface area contributed by atoms with Crippen LogP contribution in [0.25, 0.3) is 0 Å². The van der Waals surface area contributed by atoms with Crippen LogP contribution in [-0.4, -0.2) is 29.9 Å². The highest BCUT2D eigenvalue weighted by Crippen LogP contribution is 2.31. The molecule has 1 aromatic carbocycles. The van der Waals surface area contributed by atoms with E-state index in [0.717, 1.165) is 11.7 Å². The first-order chi connectivity index (χ1) is 9.31. The second kappa shape index (κ2) is 5.74. The Morgan fingerprint density at radius 3 is 2.42 bits per heavy atom. The first-order valence-electron chi connectivity index (χ1n) is 7.40. The third-order valence-corrected chi connectivity index (χ3v) is 4.24. The van der Waals surface area contributed by atoms with Gasteiger partial charge in [0.2, 0.25) is 5.91 Å². The normalized spacial score (nSPS) is 21.3. The first kappa shape index (κ1) is 12.7. The summed E-state index contributed by atoms with van der Waals surface area (Å²) in [5.74, 6) is 0.731. The Morgan fingerprint density at radius 1 is 1.11 bits per heavy atom. The second-order valence-corrected chi connectivity index (χ2v) is 5.83. The lowest BCUT2D eigenvalue weighted by atomic mass is 9.93. The average Bonchev–Trinajstić information content (AvgIpc) is 3.25. The number of hydrogen-bond donors (Lipinski definition) is 1. The van der Waals surface area contributed by atoms with Crippen molar-refractivity contribution in [2.24, 2.45) is 5.92 Å². The Kier molecular flexibility index (Phi) is 3.83. The van der Waals surface area contributed by atoms with Gasteiger partial charge in [0.25, 0.3) is 0 Å². The van der Waals surface area contributed by atoms with Gasteiger partial charge in [-0.05, 0) is 56.8 Å². The molecule has 1 aliphatic heterocycles. The van der Waals surface area contributed by atoms with Crippen molar-refractivity contribution in [2.75, 3.05) is 18.4 Å². The number of benzene rings is 1. The zero-order valence-electron chi connectivity index (χ0n) is 11.3. The Bertz CT molecular complexity index is 420. The molecule has 0 atom stereocenters. The lowest BCUT2D eigenvalue weighted by Gasteiger charge is -2.31. The molecule has 0 spiro atoms. The molecule has 1 saturated heterocycles. The zero-order chi connectivity index (χ0) is 13.1. The number of amides is 1. The largest absolute Gasteiger partial charge is 0.326 e. The lowest BCUT2D eigenvalue weighted by Crippen LogP contribution is -2.36. The SMILES string of the molecule is O=C(CC1CCN(C2CC2)CC1)Nc1ccccc1. The molecule has 0 unspecified atom stereocenters. The van der Waals surface area contributed by atoms with Gasteiger partial charge in [0.05, 0.1) is 0 Å². The van der Waals surface area contributed by atoms with E-state index in [4.69, 9.17) is 0 Å². The number of carbonyl (C=O) groups is 1. The minimum Gasteiger partial charge on any atom is -0.326 e. The van der Waals surface area contributed by atoms with Crippen LogP contribution in [0.4, 0.5) is 5.69 Å². The molecule has 2 fully saturated rings. The van der Waals surface area contributed by atoms with Gasteiger partial charge in [-0.1, -0.05) is 18.2 Å². The van der Waals surface area contributed by atoms with Gasteiger partial charge in [-0.2, -0.15) is 0 Å². The van der Waals surface area contributed by atoms with Gasteiger partial charge in [0, 0.05) is 18.2 Å². The fourth-order valence-electron chi connectivity index (χ4n) is 2.96. The third-order valence-electron chi connectivity index (χ3n) is 4.24. The van der Waals surface area contributed by atoms with E-state index in [1.807, 2.05) is 30.3 Å². The van der Waals surface area contributed by atoms with E-state index in [-0.39, 0.29) is 5.91 Å². The van der Waals surface area contributed by atoms with Crippen LogP contribution in [0.5, 0.6) is 0 Å². The minimum atomic E-state index is 0.163. The number of hydrogen-bond acceptors (Lipinski definition) is 2. The number of rotatable bonds is 4. The summed E-state index contributed by atoms with van der Waals surface area (Å²) in [5, 5.41) is 2.98. The van der Waals surface area contributed by atoms with Crippen LogP contribution in [-0.2, 0) is 4.79 Å². The Hall–Kier alpha value is -1.35. The van der Waals surface area contributed by atoms with Crippen LogP contribution in [0.3, 0.4) is 0 Å². The molecule has 1 heterocycles. The molecule has 2 aliphatic rings. The van der Waals surface area contributed by atoms with E-state index in [9.17, 15) is 4.79 Å². The molecule has 3 rings (SSSR count). The Labute approximate surface area is 115 Å². The number of anilines is 1. The molecule has 19 heavy (non-hydrogen) atoms. The number of para-hydroxylation sites is 1. The zero-order valence-corrected chi connectivity index (χ0v) is 11.3. The molecule has 1 saturated carbocycles. The number of piperidine rings is 1. The molecule has 1 aromatic rings. The summed E-state index contributed by atoms with van der Waals surface area (Å²) in [6.07, 6.45) is 5.81. The maximum Gasteiger partial charge on any atom is 0.224 e. The summed E-state index contributed by atoms with van der Waals surface area (Å²) in [6, 6.07) is 10.6. The van der Waals surface area contributed by atoms with Crippen molar-refractivity contribution in [3.8, 4) is 0 Å². The van der Waals surface area contributed by atoms with Crippen molar-refractivity contribution in [3.63, 3.8) is 0 Å². The van der Waals surface area contributed by atoms with Crippen molar-refractivity contribution in [2.45, 2.75) is 38.1 Å². The van der Waals surface area contributed by atoms with Crippen LogP contribution in [0.15, 0.2) is 30.3 Å². The van der Waals surface area contributed by atoms with Crippen molar-refractivity contribution in [1.82, 2.24) is 4.90 Å². The molecule has 1 aliphatic carbocycles. The van der Waals surface area contributed by atoms with Crippen LogP contribution in [0.2, 0.25) is 0 Å². The van der Waals surface area contributed by atoms with Gasteiger partial charge < -0.3 is 10.2 Å². The Balaban J connectivity index is 1.43. The maximum atomic E-state index is 12.0. The molecule has 1 amide bonds. The molecular formula is C16H22N2O. The Morgan fingerprint density at radius 2 is 1.79 bits per heavy atom. The number of nitrogens with one attached hydrogen (secondary N) is 1. The standard InChI is InChI=1S/C16H22N2O/c19-16(17-14-4-2-1-3-5-14)12-13-8-10-18(11-9-13)15-6-7-15/h1-5,13,15H,6-12H2,(H,17,19). The topological polar surface area (TPSA) is 32.3 Å². The van der Waals surface area contributed by atoms with E-state index in [1.165, 1.54) is 38.8 Å². The monoisotopic (exact) mass is 258 g/mol. The smallest absolute Gasteiger partial charge is 0.224 e. The molecule has 3 heteroatoms. The second-order valence-electron chi connectivity index (χ2n) is 5.83. The van der Waals surface area contributed by atoms with E-state index < -0.39 is 0 Å². The van der Waals surface area contributed by atoms with Gasteiger partial charge >= 0.3 is 0 Å². The molecule has 3 nitrogen and oxygen atoms in total. The summed E-state index contributed by atoms with van der Waals surface area (Å²) in [4.78, 5) is 14.6. The first-order valence-corrected chi connectivity index (χ1v) is 7.40. The van der Waals surface area contributed by atoms with Crippen LogP contribution in [0, 0.1) is 5.92 Å². The number of carbonyl (C=O) groups excluding carboxylic acids is 1. The van der Waals surface area contributed by atoms with Gasteiger partial charge in [-0.3, -0.25) is 4.79 Å². The van der Waals surface area contributed by atoms with E-state index in [0.29, 0.717) is 12.3 Å². The molecule has 0 bridgehead atoms. The molecule has 1 N–H and O–H groups in total.